The Bertz CT molecular complexity index is 3070. The van der Waals surface area contributed by atoms with Gasteiger partial charge in [-0.2, -0.15) is 0 Å². The van der Waals surface area contributed by atoms with Gasteiger partial charge in [-0.1, -0.05) is 103 Å². The fourth-order valence-corrected chi connectivity index (χ4v) is 7.55. The predicted octanol–water partition coefficient (Wildman–Crippen LogP) is 11.5. The fourth-order valence-electron chi connectivity index (χ4n) is 7.55. The van der Waals surface area contributed by atoms with Gasteiger partial charge in [-0.3, -0.25) is 0 Å². The molecule has 0 fully saturated rings. The summed E-state index contributed by atoms with van der Waals surface area (Å²) in [6.45, 7) is 0. The number of rotatable bonds is 4. The van der Waals surface area contributed by atoms with Crippen LogP contribution in [0.4, 0.5) is 0 Å². The van der Waals surface area contributed by atoms with E-state index in [1.807, 2.05) is 72.8 Å². The Hall–Kier alpha value is -6.92. The molecule has 11 rings (SSSR count). The lowest BCUT2D eigenvalue weighted by molar-refractivity contribution is 0.660. The highest BCUT2D eigenvalue weighted by atomic mass is 16.3. The topological polar surface area (TPSA) is 76.2 Å². The van der Waals surface area contributed by atoms with E-state index in [1.54, 1.807) is 0 Å². The highest BCUT2D eigenvalue weighted by Crippen LogP contribution is 2.40. The number of nitrogens with zero attached hydrogens (tertiary/aromatic N) is 2. The molecule has 1 N–H and O–H groups in total. The summed E-state index contributed by atoms with van der Waals surface area (Å²) in [6, 6.07) is 51.6. The summed E-state index contributed by atoms with van der Waals surface area (Å²) in [5.74, 6) is 1.35. The Morgan fingerprint density at radius 2 is 1.14 bits per heavy atom. The lowest BCUT2D eigenvalue weighted by atomic mass is 9.98. The number of amidine groups is 2. The summed E-state index contributed by atoms with van der Waals surface area (Å²) in [5, 5.41) is 9.99. The maximum atomic E-state index is 6.75. The van der Waals surface area contributed by atoms with Crippen molar-refractivity contribution in [2.45, 2.75) is 6.17 Å². The number of hydrogen-bond donors (Lipinski definition) is 1. The van der Waals surface area contributed by atoms with Crippen LogP contribution >= 0.6 is 0 Å². The molecular weight excluding hydrogens is 631 g/mol. The van der Waals surface area contributed by atoms with E-state index < -0.39 is 0 Å². The molecule has 0 spiro atoms. The SMILES string of the molecule is c1ccc(C2=NC(c3cccc4c3oc3cc(-c5cccc6oc7ccccc7c56)ccc34)=NC(c3ccc4oc5ccccc5c4c3)N2)cc1. The summed E-state index contributed by atoms with van der Waals surface area (Å²) in [5.41, 5.74) is 10.0. The molecule has 0 bridgehead atoms. The number of aliphatic imine (C=N–C) groups is 2. The molecule has 240 valence electrons. The van der Waals surface area contributed by atoms with Gasteiger partial charge in [-0.15, -0.1) is 0 Å². The molecular formula is C45H27N3O3. The average molecular weight is 658 g/mol. The Labute approximate surface area is 291 Å². The van der Waals surface area contributed by atoms with Crippen LogP contribution in [0.5, 0.6) is 0 Å². The zero-order chi connectivity index (χ0) is 33.5. The summed E-state index contributed by atoms with van der Waals surface area (Å²) < 4.78 is 19.1. The maximum Gasteiger partial charge on any atom is 0.163 e. The summed E-state index contributed by atoms with van der Waals surface area (Å²) in [7, 11) is 0. The van der Waals surface area contributed by atoms with Crippen molar-refractivity contribution in [3.63, 3.8) is 0 Å². The van der Waals surface area contributed by atoms with Gasteiger partial charge in [0.2, 0.25) is 0 Å². The number of benzene rings is 7. The number of fused-ring (bicyclic) bond motifs is 9. The van der Waals surface area contributed by atoms with Crippen molar-refractivity contribution in [3.05, 3.63) is 168 Å². The van der Waals surface area contributed by atoms with Crippen molar-refractivity contribution in [1.29, 1.82) is 0 Å². The van der Waals surface area contributed by atoms with E-state index in [0.29, 0.717) is 5.84 Å². The van der Waals surface area contributed by atoms with Gasteiger partial charge in [-0.05, 0) is 65.2 Å². The van der Waals surface area contributed by atoms with E-state index >= 15 is 0 Å². The van der Waals surface area contributed by atoms with E-state index in [9.17, 15) is 0 Å². The van der Waals surface area contributed by atoms with Crippen molar-refractivity contribution in [3.8, 4) is 11.1 Å². The van der Waals surface area contributed by atoms with Crippen LogP contribution in [-0.4, -0.2) is 11.7 Å². The molecule has 1 aliphatic rings. The van der Waals surface area contributed by atoms with Gasteiger partial charge < -0.3 is 18.6 Å². The van der Waals surface area contributed by atoms with Crippen molar-refractivity contribution >= 4 is 77.5 Å². The van der Waals surface area contributed by atoms with Gasteiger partial charge in [0, 0.05) is 37.9 Å². The van der Waals surface area contributed by atoms with Crippen LogP contribution < -0.4 is 5.32 Å². The summed E-state index contributed by atoms with van der Waals surface area (Å²) in [4.78, 5) is 10.3. The zero-order valence-electron chi connectivity index (χ0n) is 27.1. The first kappa shape index (κ1) is 28.0. The van der Waals surface area contributed by atoms with E-state index in [-0.39, 0.29) is 6.17 Å². The van der Waals surface area contributed by atoms with Crippen LogP contribution in [0.3, 0.4) is 0 Å². The van der Waals surface area contributed by atoms with E-state index in [2.05, 4.69) is 84.2 Å². The second-order valence-corrected chi connectivity index (χ2v) is 13.0. The van der Waals surface area contributed by atoms with Crippen LogP contribution in [0.1, 0.15) is 22.9 Å². The van der Waals surface area contributed by atoms with Gasteiger partial charge in [-0.25, -0.2) is 9.98 Å². The average Bonchev–Trinajstić information content (AvgIpc) is 3.88. The molecule has 1 aliphatic heterocycles. The van der Waals surface area contributed by atoms with Gasteiger partial charge in [0.05, 0.1) is 5.56 Å². The molecule has 0 saturated heterocycles. The maximum absolute atomic E-state index is 6.75. The second-order valence-electron chi connectivity index (χ2n) is 13.0. The molecule has 6 heteroatoms. The minimum Gasteiger partial charge on any atom is -0.456 e. The van der Waals surface area contributed by atoms with Gasteiger partial charge >= 0.3 is 0 Å². The first-order chi connectivity index (χ1) is 25.2. The molecule has 4 heterocycles. The van der Waals surface area contributed by atoms with E-state index in [0.717, 1.165) is 99.5 Å². The van der Waals surface area contributed by atoms with E-state index in [4.69, 9.17) is 23.2 Å². The number of furan rings is 3. The van der Waals surface area contributed by atoms with Gasteiger partial charge in [0.1, 0.15) is 45.5 Å². The lowest BCUT2D eigenvalue weighted by Gasteiger charge is -2.23. The van der Waals surface area contributed by atoms with Crippen molar-refractivity contribution in [1.82, 2.24) is 5.32 Å². The minimum absolute atomic E-state index is 0.387. The Balaban J connectivity index is 1.07. The molecule has 0 amide bonds. The normalized spacial score (nSPS) is 14.9. The summed E-state index contributed by atoms with van der Waals surface area (Å²) >= 11 is 0. The Kier molecular flexibility index (Phi) is 5.92. The second kappa shape index (κ2) is 10.8. The molecule has 1 unspecified atom stereocenters. The molecule has 7 aromatic carbocycles. The van der Waals surface area contributed by atoms with Crippen molar-refractivity contribution < 1.29 is 13.3 Å². The van der Waals surface area contributed by atoms with Gasteiger partial charge in [0.25, 0.3) is 0 Å². The molecule has 3 aromatic heterocycles. The Morgan fingerprint density at radius 1 is 0.451 bits per heavy atom. The fraction of sp³-hybridized carbons (Fsp3) is 0.0222. The number of hydrogen-bond acceptors (Lipinski definition) is 6. The smallest absolute Gasteiger partial charge is 0.163 e. The van der Waals surface area contributed by atoms with Crippen molar-refractivity contribution in [2.24, 2.45) is 9.98 Å². The molecule has 10 aromatic rings. The molecule has 0 saturated carbocycles. The van der Waals surface area contributed by atoms with E-state index in [1.165, 1.54) is 0 Å². The monoisotopic (exact) mass is 657 g/mol. The van der Waals surface area contributed by atoms with Crippen LogP contribution in [0.25, 0.3) is 76.9 Å². The Morgan fingerprint density at radius 3 is 2.04 bits per heavy atom. The first-order valence-electron chi connectivity index (χ1n) is 17.0. The third kappa shape index (κ3) is 4.36. The van der Waals surface area contributed by atoms with Crippen LogP contribution in [-0.2, 0) is 0 Å². The highest BCUT2D eigenvalue weighted by molar-refractivity contribution is 6.20. The third-order valence-corrected chi connectivity index (χ3v) is 9.96. The summed E-state index contributed by atoms with van der Waals surface area (Å²) in [6.07, 6.45) is -0.387. The minimum atomic E-state index is -0.387. The van der Waals surface area contributed by atoms with Gasteiger partial charge in [0.15, 0.2) is 5.84 Å². The molecule has 0 aliphatic carbocycles. The molecule has 1 atom stereocenters. The standard InChI is InChI=1S/C45H27N3O3/c1-2-10-26(11-3-1)43-46-44(28-21-23-38-35(24-28)30-12-4-6-17-36(30)49-38)48-45(47-43)34-16-8-15-32-31-22-20-27(25-40(31)51-42(32)34)29-14-9-19-39-41(29)33-13-5-7-18-37(33)50-39/h1-25,44H,(H,46,47,48). The zero-order valence-corrected chi connectivity index (χ0v) is 27.1. The quantitative estimate of drug-likeness (QED) is 0.204. The highest BCUT2D eigenvalue weighted by Gasteiger charge is 2.24. The molecule has 51 heavy (non-hydrogen) atoms. The van der Waals surface area contributed by atoms with Crippen LogP contribution in [0, 0.1) is 0 Å². The predicted molar refractivity (Wildman–Crippen MR) is 206 cm³/mol. The number of nitrogens with one attached hydrogen (secondary N) is 1. The van der Waals surface area contributed by atoms with Crippen LogP contribution in [0.15, 0.2) is 175 Å². The lowest BCUT2D eigenvalue weighted by Crippen LogP contribution is -2.33. The largest absolute Gasteiger partial charge is 0.456 e. The number of para-hydroxylation sites is 3. The van der Waals surface area contributed by atoms with Crippen molar-refractivity contribution in [2.75, 3.05) is 0 Å². The third-order valence-electron chi connectivity index (χ3n) is 9.96. The van der Waals surface area contributed by atoms with Crippen LogP contribution in [0.2, 0.25) is 0 Å². The molecule has 0 radical (unpaired) electrons. The first-order valence-corrected chi connectivity index (χ1v) is 17.0. The molecule has 6 nitrogen and oxygen atoms in total.